The van der Waals surface area contributed by atoms with Gasteiger partial charge in [-0.1, -0.05) is 6.92 Å². The van der Waals surface area contributed by atoms with Gasteiger partial charge in [-0.2, -0.15) is 0 Å². The van der Waals surface area contributed by atoms with Crippen LogP contribution in [0.25, 0.3) is 0 Å². The summed E-state index contributed by atoms with van der Waals surface area (Å²) in [6.45, 7) is 9.81. The molecule has 2 nitrogen and oxygen atoms in total. The minimum atomic E-state index is -0.676. The summed E-state index contributed by atoms with van der Waals surface area (Å²) in [5.74, 6) is -0.266. The van der Waals surface area contributed by atoms with E-state index in [0.717, 1.165) is 12.1 Å². The highest BCUT2D eigenvalue weighted by molar-refractivity contribution is 5.57. The second-order valence-electron chi connectivity index (χ2n) is 5.56. The number of benzene rings is 1. The van der Waals surface area contributed by atoms with Crippen molar-refractivity contribution >= 4 is 5.69 Å². The lowest BCUT2D eigenvalue weighted by Gasteiger charge is -2.38. The van der Waals surface area contributed by atoms with Gasteiger partial charge in [0.25, 0.3) is 0 Å². The third-order valence-electron chi connectivity index (χ3n) is 3.89. The zero-order valence-electron chi connectivity index (χ0n) is 12.2. The molecule has 1 atom stereocenters. The molecule has 0 radical (unpaired) electrons. The van der Waals surface area contributed by atoms with Crippen molar-refractivity contribution in [3.8, 4) is 0 Å². The summed E-state index contributed by atoms with van der Waals surface area (Å²) in [5.41, 5.74) is 2.11. The van der Waals surface area contributed by atoms with E-state index < -0.39 is 6.10 Å². The molecule has 0 aliphatic heterocycles. The lowest BCUT2D eigenvalue weighted by atomic mass is 9.96. The van der Waals surface area contributed by atoms with Crippen LogP contribution in [0.15, 0.2) is 12.1 Å². The molecule has 1 rings (SSSR count). The number of hydrogen-bond acceptors (Lipinski definition) is 2. The molecule has 0 heterocycles. The van der Waals surface area contributed by atoms with E-state index in [2.05, 4.69) is 25.7 Å². The van der Waals surface area contributed by atoms with Gasteiger partial charge in [-0.3, -0.25) is 0 Å². The second-order valence-corrected chi connectivity index (χ2v) is 5.56. The SMILES string of the molecule is CCC(C)(C)N(C)c1cc(C)c(F)cc1[C@@H](C)O. The topological polar surface area (TPSA) is 23.5 Å². The normalized spacial score (nSPS) is 13.6. The van der Waals surface area contributed by atoms with Crippen LogP contribution in [0.4, 0.5) is 10.1 Å². The number of rotatable bonds is 4. The van der Waals surface area contributed by atoms with Gasteiger partial charge in [0.1, 0.15) is 5.82 Å². The summed E-state index contributed by atoms with van der Waals surface area (Å²) in [6, 6.07) is 3.26. The number of aryl methyl sites for hydroxylation is 1. The van der Waals surface area contributed by atoms with E-state index in [0.29, 0.717) is 11.1 Å². The summed E-state index contributed by atoms with van der Waals surface area (Å²) >= 11 is 0. The van der Waals surface area contributed by atoms with E-state index in [9.17, 15) is 9.50 Å². The van der Waals surface area contributed by atoms with Crippen molar-refractivity contribution in [2.45, 2.75) is 52.7 Å². The highest BCUT2D eigenvalue weighted by atomic mass is 19.1. The summed E-state index contributed by atoms with van der Waals surface area (Å²) in [4.78, 5) is 2.11. The van der Waals surface area contributed by atoms with Crippen LogP contribution in [0, 0.1) is 12.7 Å². The van der Waals surface area contributed by atoms with Gasteiger partial charge in [0, 0.05) is 23.8 Å². The quantitative estimate of drug-likeness (QED) is 0.882. The van der Waals surface area contributed by atoms with Crippen LogP contribution in [0.1, 0.15) is 51.3 Å². The molecule has 1 aromatic carbocycles. The molecule has 0 unspecified atom stereocenters. The molecule has 0 fully saturated rings. The molecule has 0 bridgehead atoms. The van der Waals surface area contributed by atoms with Crippen molar-refractivity contribution in [2.75, 3.05) is 11.9 Å². The minimum Gasteiger partial charge on any atom is -0.389 e. The Labute approximate surface area is 109 Å². The average molecular weight is 253 g/mol. The largest absolute Gasteiger partial charge is 0.389 e. The predicted molar refractivity (Wildman–Crippen MR) is 74.5 cm³/mol. The first-order valence-corrected chi connectivity index (χ1v) is 6.42. The fourth-order valence-electron chi connectivity index (χ4n) is 1.87. The van der Waals surface area contributed by atoms with Gasteiger partial charge >= 0.3 is 0 Å². The first-order chi connectivity index (χ1) is 8.20. The maximum atomic E-state index is 13.6. The van der Waals surface area contributed by atoms with Gasteiger partial charge in [-0.05, 0) is 51.8 Å². The van der Waals surface area contributed by atoms with Crippen LogP contribution in [-0.4, -0.2) is 17.7 Å². The molecular weight excluding hydrogens is 229 g/mol. The molecule has 0 aliphatic rings. The molecule has 1 aromatic rings. The summed E-state index contributed by atoms with van der Waals surface area (Å²) in [5, 5.41) is 9.81. The van der Waals surface area contributed by atoms with E-state index in [-0.39, 0.29) is 11.4 Å². The van der Waals surface area contributed by atoms with Gasteiger partial charge in [-0.15, -0.1) is 0 Å². The Morgan fingerprint density at radius 3 is 2.39 bits per heavy atom. The first-order valence-electron chi connectivity index (χ1n) is 6.42. The second kappa shape index (κ2) is 5.27. The summed E-state index contributed by atoms with van der Waals surface area (Å²) in [6.07, 6.45) is 0.296. The van der Waals surface area contributed by atoms with Gasteiger partial charge in [-0.25, -0.2) is 4.39 Å². The molecule has 1 N–H and O–H groups in total. The summed E-state index contributed by atoms with van der Waals surface area (Å²) < 4.78 is 13.6. The van der Waals surface area contributed by atoms with Crippen molar-refractivity contribution < 1.29 is 9.50 Å². The standard InChI is InChI=1S/C15H24FNO/c1-7-15(4,5)17(6)14-8-10(2)13(16)9-12(14)11(3)18/h8-9,11,18H,7H2,1-6H3/t11-/m1/s1. The molecule has 0 aromatic heterocycles. The van der Waals surface area contributed by atoms with Gasteiger partial charge in [0.15, 0.2) is 0 Å². The Morgan fingerprint density at radius 2 is 1.94 bits per heavy atom. The predicted octanol–water partition coefficient (Wildman–Crippen LogP) is 3.81. The monoisotopic (exact) mass is 253 g/mol. The average Bonchev–Trinajstić information content (AvgIpc) is 2.30. The van der Waals surface area contributed by atoms with Gasteiger partial charge in [0.05, 0.1) is 6.10 Å². The van der Waals surface area contributed by atoms with Crippen LogP contribution in [0.5, 0.6) is 0 Å². The Hall–Kier alpha value is -1.09. The third-order valence-corrected chi connectivity index (χ3v) is 3.89. The van der Waals surface area contributed by atoms with Crippen LogP contribution in [0.2, 0.25) is 0 Å². The Kier molecular flexibility index (Phi) is 4.38. The number of aliphatic hydroxyl groups excluding tert-OH is 1. The molecule has 3 heteroatoms. The molecule has 0 saturated heterocycles. The summed E-state index contributed by atoms with van der Waals surface area (Å²) in [7, 11) is 1.99. The highest BCUT2D eigenvalue weighted by Gasteiger charge is 2.25. The lowest BCUT2D eigenvalue weighted by molar-refractivity contribution is 0.199. The molecule has 102 valence electrons. The van der Waals surface area contributed by atoms with Gasteiger partial charge < -0.3 is 10.0 Å². The van der Waals surface area contributed by atoms with Crippen molar-refractivity contribution in [3.05, 3.63) is 29.1 Å². The third kappa shape index (κ3) is 2.83. The number of aliphatic hydroxyl groups is 1. The molecular formula is C15H24FNO. The zero-order valence-corrected chi connectivity index (χ0v) is 12.2. The van der Waals surface area contributed by atoms with Crippen molar-refractivity contribution in [2.24, 2.45) is 0 Å². The maximum Gasteiger partial charge on any atom is 0.126 e. The van der Waals surface area contributed by atoms with E-state index in [1.54, 1.807) is 13.8 Å². The number of anilines is 1. The lowest BCUT2D eigenvalue weighted by Crippen LogP contribution is -2.41. The van der Waals surface area contributed by atoms with Gasteiger partial charge in [0.2, 0.25) is 0 Å². The minimum absolute atomic E-state index is 0.0338. The molecule has 18 heavy (non-hydrogen) atoms. The van der Waals surface area contributed by atoms with Crippen LogP contribution in [-0.2, 0) is 0 Å². The highest BCUT2D eigenvalue weighted by Crippen LogP contribution is 2.33. The van der Waals surface area contributed by atoms with Crippen LogP contribution in [0.3, 0.4) is 0 Å². The van der Waals surface area contributed by atoms with E-state index in [1.165, 1.54) is 6.07 Å². The molecule has 0 aliphatic carbocycles. The van der Waals surface area contributed by atoms with E-state index in [1.807, 2.05) is 13.1 Å². The van der Waals surface area contributed by atoms with E-state index in [4.69, 9.17) is 0 Å². The first kappa shape index (κ1) is 15.0. The van der Waals surface area contributed by atoms with Crippen LogP contribution >= 0.6 is 0 Å². The Morgan fingerprint density at radius 1 is 1.39 bits per heavy atom. The van der Waals surface area contributed by atoms with Crippen molar-refractivity contribution in [1.29, 1.82) is 0 Å². The maximum absolute atomic E-state index is 13.6. The molecule has 0 amide bonds. The Balaban J connectivity index is 3.34. The zero-order chi connectivity index (χ0) is 14.1. The fourth-order valence-corrected chi connectivity index (χ4v) is 1.87. The Bertz CT molecular complexity index is 427. The number of halogens is 1. The van der Waals surface area contributed by atoms with E-state index >= 15 is 0 Å². The fraction of sp³-hybridized carbons (Fsp3) is 0.600. The van der Waals surface area contributed by atoms with Crippen LogP contribution < -0.4 is 4.90 Å². The van der Waals surface area contributed by atoms with Crippen molar-refractivity contribution in [3.63, 3.8) is 0 Å². The molecule has 0 saturated carbocycles. The number of nitrogens with zero attached hydrogens (tertiary/aromatic N) is 1. The molecule has 0 spiro atoms. The smallest absolute Gasteiger partial charge is 0.126 e. The van der Waals surface area contributed by atoms with Crippen molar-refractivity contribution in [1.82, 2.24) is 0 Å². The number of hydrogen-bond donors (Lipinski definition) is 1.